The quantitative estimate of drug-likeness (QED) is 0.431. The first-order chi connectivity index (χ1) is 16.3. The molecule has 2 aromatic heterocycles. The third-order valence-electron chi connectivity index (χ3n) is 5.46. The molecule has 0 unspecified atom stereocenters. The van der Waals surface area contributed by atoms with E-state index in [1.807, 2.05) is 18.2 Å². The zero-order valence-electron chi connectivity index (χ0n) is 18.0. The fourth-order valence-corrected chi connectivity index (χ4v) is 4.89. The van der Waals surface area contributed by atoms with Gasteiger partial charge in [0.15, 0.2) is 5.13 Å². The largest absolute Gasteiger partial charge is 0.573 e. The molecule has 0 aliphatic carbocycles. The van der Waals surface area contributed by atoms with Crippen molar-refractivity contribution in [3.05, 3.63) is 42.5 Å². The van der Waals surface area contributed by atoms with Gasteiger partial charge in [0.1, 0.15) is 5.75 Å². The highest BCUT2D eigenvalue weighted by molar-refractivity contribution is 7.22. The fourth-order valence-electron chi connectivity index (χ4n) is 4.01. The first kappa shape index (κ1) is 23.7. The number of para-hydroxylation sites is 2. The molecule has 0 amide bonds. The summed E-state index contributed by atoms with van der Waals surface area (Å²) in [5, 5.41) is 3.88. The fraction of sp³-hybridized carbons (Fsp3) is 0.318. The molecule has 0 spiro atoms. The number of ether oxygens (including phenoxy) is 1. The van der Waals surface area contributed by atoms with Crippen LogP contribution < -0.4 is 10.1 Å². The van der Waals surface area contributed by atoms with Crippen molar-refractivity contribution in [1.82, 2.24) is 19.4 Å². The van der Waals surface area contributed by atoms with Crippen molar-refractivity contribution in [2.75, 3.05) is 25.5 Å². The zero-order chi connectivity index (χ0) is 24.3. The Hall–Kier alpha value is -3.47. The lowest BCUT2D eigenvalue weighted by molar-refractivity contribution is -0.274. The van der Waals surface area contributed by atoms with Crippen molar-refractivity contribution in [3.8, 4) is 5.75 Å². The highest BCUT2D eigenvalue weighted by Crippen LogP contribution is 2.35. The summed E-state index contributed by atoms with van der Waals surface area (Å²) in [4.78, 5) is 27.9. The summed E-state index contributed by atoms with van der Waals surface area (Å²) in [5.74, 6) is 0.440. The van der Waals surface area contributed by atoms with Gasteiger partial charge in [0.05, 0.1) is 21.3 Å². The number of carbonyl (C=O) groups excluding carboxylic acids is 2. The van der Waals surface area contributed by atoms with E-state index in [1.165, 1.54) is 29.5 Å². The van der Waals surface area contributed by atoms with Crippen LogP contribution in [0.4, 0.5) is 24.3 Å². The van der Waals surface area contributed by atoms with Gasteiger partial charge < -0.3 is 19.5 Å². The molecular formula is C22H20F3N5O3S. The summed E-state index contributed by atoms with van der Waals surface area (Å²) in [7, 11) is 2.12. The number of nitrogens with one attached hydrogen (secondary N) is 1. The second-order valence-corrected chi connectivity index (χ2v) is 8.76. The van der Waals surface area contributed by atoms with E-state index >= 15 is 0 Å². The standard InChI is InChI=1S/C21H20F3N5OS.CO2/c1-28-10-8-13(9-11-28)29-17-5-3-2-4-15(17)25-19(29)27-20-26-16-7-6-14(12-18(16)31-20)30-21(22,23)24;2-1-3/h2-7,12-13H,8-11H2,1H3,(H,25,26,27);. The maximum atomic E-state index is 12.5. The van der Waals surface area contributed by atoms with Crippen molar-refractivity contribution in [2.24, 2.45) is 0 Å². The third-order valence-corrected chi connectivity index (χ3v) is 6.39. The molecule has 1 aliphatic rings. The van der Waals surface area contributed by atoms with Gasteiger partial charge in [0.2, 0.25) is 5.95 Å². The number of benzene rings is 2. The van der Waals surface area contributed by atoms with Crippen LogP contribution in [0.25, 0.3) is 21.3 Å². The smallest absolute Gasteiger partial charge is 0.406 e. The Morgan fingerprint density at radius 2 is 1.79 bits per heavy atom. The zero-order valence-corrected chi connectivity index (χ0v) is 18.8. The number of likely N-dealkylation sites (tertiary alicyclic amines) is 1. The predicted molar refractivity (Wildman–Crippen MR) is 120 cm³/mol. The molecule has 0 radical (unpaired) electrons. The predicted octanol–water partition coefficient (Wildman–Crippen LogP) is 4.97. The molecule has 4 aromatic rings. The number of halogens is 3. The molecule has 2 aromatic carbocycles. The average molecular weight is 491 g/mol. The van der Waals surface area contributed by atoms with Crippen LogP contribution in [-0.4, -0.2) is 52.1 Å². The number of piperidine rings is 1. The van der Waals surface area contributed by atoms with Gasteiger partial charge in [0.25, 0.3) is 0 Å². The molecule has 0 bridgehead atoms. The van der Waals surface area contributed by atoms with Gasteiger partial charge in [-0.25, -0.2) is 9.97 Å². The molecule has 1 N–H and O–H groups in total. The summed E-state index contributed by atoms with van der Waals surface area (Å²) in [6, 6.07) is 12.5. The number of thiazole rings is 1. The molecule has 0 atom stereocenters. The normalized spacial score (nSPS) is 15.1. The Labute approximate surface area is 196 Å². The summed E-state index contributed by atoms with van der Waals surface area (Å²) < 4.78 is 44.4. The minimum absolute atomic E-state index is 0.250. The third kappa shape index (κ3) is 5.36. The van der Waals surface area contributed by atoms with Crippen LogP contribution in [0.1, 0.15) is 18.9 Å². The maximum Gasteiger partial charge on any atom is 0.573 e. The van der Waals surface area contributed by atoms with Gasteiger partial charge >= 0.3 is 12.5 Å². The van der Waals surface area contributed by atoms with Crippen LogP contribution in [-0.2, 0) is 9.59 Å². The number of hydrogen-bond donors (Lipinski definition) is 1. The Morgan fingerprint density at radius 3 is 2.50 bits per heavy atom. The molecular weight excluding hydrogens is 471 g/mol. The van der Waals surface area contributed by atoms with Crippen LogP contribution in [0.15, 0.2) is 42.5 Å². The van der Waals surface area contributed by atoms with Gasteiger partial charge in [-0.1, -0.05) is 23.5 Å². The van der Waals surface area contributed by atoms with E-state index in [-0.39, 0.29) is 11.9 Å². The van der Waals surface area contributed by atoms with E-state index < -0.39 is 6.36 Å². The van der Waals surface area contributed by atoms with Crippen molar-refractivity contribution < 1.29 is 27.5 Å². The minimum Gasteiger partial charge on any atom is -0.406 e. The second-order valence-electron chi connectivity index (χ2n) is 7.73. The van der Waals surface area contributed by atoms with E-state index in [2.05, 4.69) is 37.6 Å². The molecule has 1 saturated heterocycles. The van der Waals surface area contributed by atoms with E-state index in [0.29, 0.717) is 27.3 Å². The van der Waals surface area contributed by atoms with E-state index in [4.69, 9.17) is 14.6 Å². The van der Waals surface area contributed by atoms with Gasteiger partial charge in [-0.05, 0) is 57.2 Å². The van der Waals surface area contributed by atoms with Crippen LogP contribution in [0.3, 0.4) is 0 Å². The van der Waals surface area contributed by atoms with Crippen molar-refractivity contribution in [2.45, 2.75) is 25.2 Å². The summed E-state index contributed by atoms with van der Waals surface area (Å²) in [5.41, 5.74) is 2.55. The SMILES string of the molecule is CN1CCC(n2c(Nc3nc4ccc(OC(F)(F)F)cc4s3)nc3ccccc32)CC1.O=C=O. The summed E-state index contributed by atoms with van der Waals surface area (Å²) in [6.45, 7) is 2.03. The molecule has 3 heterocycles. The monoisotopic (exact) mass is 491 g/mol. The molecule has 1 aliphatic heterocycles. The Kier molecular flexibility index (Phi) is 6.82. The molecule has 12 heteroatoms. The number of hydrogen-bond acceptors (Lipinski definition) is 8. The lowest BCUT2D eigenvalue weighted by Gasteiger charge is -2.31. The molecule has 0 saturated carbocycles. The second kappa shape index (κ2) is 9.80. The number of imidazole rings is 1. The van der Waals surface area contributed by atoms with E-state index in [9.17, 15) is 13.2 Å². The van der Waals surface area contributed by atoms with Gasteiger partial charge in [0, 0.05) is 12.1 Å². The summed E-state index contributed by atoms with van der Waals surface area (Å²) in [6.07, 6.45) is -2.44. The molecule has 178 valence electrons. The number of nitrogens with zero attached hydrogens (tertiary/aromatic N) is 4. The van der Waals surface area contributed by atoms with Crippen molar-refractivity contribution in [3.63, 3.8) is 0 Å². The van der Waals surface area contributed by atoms with Crippen molar-refractivity contribution in [1.29, 1.82) is 0 Å². The minimum atomic E-state index is -4.72. The van der Waals surface area contributed by atoms with Crippen LogP contribution >= 0.6 is 11.3 Å². The number of rotatable bonds is 4. The van der Waals surface area contributed by atoms with Gasteiger partial charge in [-0.15, -0.1) is 13.2 Å². The topological polar surface area (TPSA) is 89.3 Å². The molecule has 34 heavy (non-hydrogen) atoms. The number of alkyl halides is 3. The lowest BCUT2D eigenvalue weighted by atomic mass is 10.1. The molecule has 1 fully saturated rings. The number of anilines is 2. The highest BCUT2D eigenvalue weighted by atomic mass is 32.1. The van der Waals surface area contributed by atoms with E-state index in [0.717, 1.165) is 37.0 Å². The van der Waals surface area contributed by atoms with Crippen LogP contribution in [0, 0.1) is 0 Å². The van der Waals surface area contributed by atoms with E-state index in [1.54, 1.807) is 0 Å². The Balaban J connectivity index is 0.000000868. The Bertz CT molecular complexity index is 1320. The Morgan fingerprint density at radius 1 is 1.09 bits per heavy atom. The molecule has 5 rings (SSSR count). The first-order valence-electron chi connectivity index (χ1n) is 10.4. The van der Waals surface area contributed by atoms with Crippen LogP contribution in [0.5, 0.6) is 5.75 Å². The van der Waals surface area contributed by atoms with Crippen molar-refractivity contribution >= 4 is 49.8 Å². The first-order valence-corrected chi connectivity index (χ1v) is 11.2. The highest BCUT2D eigenvalue weighted by Gasteiger charge is 2.31. The summed E-state index contributed by atoms with van der Waals surface area (Å²) >= 11 is 1.27. The number of aromatic nitrogens is 3. The van der Waals surface area contributed by atoms with Gasteiger partial charge in [-0.3, -0.25) is 0 Å². The van der Waals surface area contributed by atoms with Crippen LogP contribution in [0.2, 0.25) is 0 Å². The molecule has 8 nitrogen and oxygen atoms in total. The van der Waals surface area contributed by atoms with Gasteiger partial charge in [-0.2, -0.15) is 9.59 Å². The lowest BCUT2D eigenvalue weighted by Crippen LogP contribution is -2.31. The average Bonchev–Trinajstić information content (AvgIpc) is 3.34. The number of fused-ring (bicyclic) bond motifs is 2. The maximum absolute atomic E-state index is 12.5.